The number of benzene rings is 1. The Bertz CT molecular complexity index is 602. The summed E-state index contributed by atoms with van der Waals surface area (Å²) >= 11 is 0. The predicted octanol–water partition coefficient (Wildman–Crippen LogP) is 3.35. The van der Waals surface area contributed by atoms with Gasteiger partial charge in [0.25, 0.3) is 0 Å². The Morgan fingerprint density at radius 1 is 1.24 bits per heavy atom. The minimum atomic E-state index is -0.488. The lowest BCUT2D eigenvalue weighted by Crippen LogP contribution is -2.43. The van der Waals surface area contributed by atoms with Gasteiger partial charge in [-0.15, -0.1) is 0 Å². The maximum atomic E-state index is 12.0. The molecule has 0 atom stereocenters. The molecule has 1 aliphatic heterocycles. The first-order valence-electron chi connectivity index (χ1n) is 8.69. The van der Waals surface area contributed by atoms with E-state index in [1.165, 1.54) is 0 Å². The summed E-state index contributed by atoms with van der Waals surface area (Å²) in [6.07, 6.45) is 1.11. The number of nitrogens with one attached hydrogen (secondary N) is 1. The third kappa shape index (κ3) is 6.74. The average Bonchev–Trinajstić information content (AvgIpc) is 2.52. The van der Waals surface area contributed by atoms with E-state index >= 15 is 0 Å². The first-order chi connectivity index (χ1) is 11.7. The number of carbonyl (C=O) groups is 2. The lowest BCUT2D eigenvalue weighted by Gasteiger charge is -2.33. The second kappa shape index (κ2) is 8.34. The molecule has 1 saturated heterocycles. The molecule has 0 spiro atoms. The van der Waals surface area contributed by atoms with Gasteiger partial charge >= 0.3 is 6.09 Å². The quantitative estimate of drug-likeness (QED) is 0.906. The first kappa shape index (κ1) is 19.2. The number of rotatable bonds is 4. The number of hydrogen-bond acceptors (Lipinski definition) is 4. The SMILES string of the molecule is Cc1cccc(NC(=O)COC2CCN(C(=O)OC(C)(C)C)CC2)c1. The molecule has 138 valence electrons. The van der Waals surface area contributed by atoms with Gasteiger partial charge in [0.05, 0.1) is 6.10 Å². The fraction of sp³-hybridized carbons (Fsp3) is 0.579. The number of nitrogens with zero attached hydrogens (tertiary/aromatic N) is 1. The molecule has 25 heavy (non-hydrogen) atoms. The van der Waals surface area contributed by atoms with Gasteiger partial charge in [0.1, 0.15) is 12.2 Å². The van der Waals surface area contributed by atoms with Gasteiger partial charge in [-0.2, -0.15) is 0 Å². The average molecular weight is 348 g/mol. The molecular weight excluding hydrogens is 320 g/mol. The van der Waals surface area contributed by atoms with E-state index in [2.05, 4.69) is 5.32 Å². The van der Waals surface area contributed by atoms with Crippen molar-refractivity contribution in [2.45, 2.75) is 52.2 Å². The highest BCUT2D eigenvalue weighted by Crippen LogP contribution is 2.17. The summed E-state index contributed by atoms with van der Waals surface area (Å²) in [5.41, 5.74) is 1.37. The van der Waals surface area contributed by atoms with Crippen LogP contribution >= 0.6 is 0 Å². The fourth-order valence-electron chi connectivity index (χ4n) is 2.64. The summed E-state index contributed by atoms with van der Waals surface area (Å²) in [7, 11) is 0. The zero-order valence-electron chi connectivity index (χ0n) is 15.5. The molecule has 0 unspecified atom stereocenters. The van der Waals surface area contributed by atoms with Gasteiger partial charge in [0.15, 0.2) is 0 Å². The summed E-state index contributed by atoms with van der Waals surface area (Å²) in [4.78, 5) is 25.7. The zero-order chi connectivity index (χ0) is 18.4. The van der Waals surface area contributed by atoms with Crippen molar-refractivity contribution < 1.29 is 19.1 Å². The monoisotopic (exact) mass is 348 g/mol. The summed E-state index contributed by atoms with van der Waals surface area (Å²) in [5, 5.41) is 2.83. The van der Waals surface area contributed by atoms with Gasteiger partial charge < -0.3 is 19.7 Å². The highest BCUT2D eigenvalue weighted by Gasteiger charge is 2.27. The molecule has 6 heteroatoms. The molecule has 2 rings (SSSR count). The van der Waals surface area contributed by atoms with Crippen molar-refractivity contribution in [1.82, 2.24) is 4.90 Å². The van der Waals surface area contributed by atoms with E-state index < -0.39 is 5.60 Å². The molecule has 0 radical (unpaired) electrons. The largest absolute Gasteiger partial charge is 0.444 e. The first-order valence-corrected chi connectivity index (χ1v) is 8.69. The van der Waals surface area contributed by atoms with Crippen LogP contribution in [0.15, 0.2) is 24.3 Å². The molecule has 2 amide bonds. The Kier molecular flexibility index (Phi) is 6.42. The summed E-state index contributed by atoms with van der Waals surface area (Å²) in [5.74, 6) is -0.167. The molecule has 1 N–H and O–H groups in total. The van der Waals surface area contributed by atoms with E-state index in [0.717, 1.165) is 11.3 Å². The molecular formula is C19H28N2O4. The normalized spacial score (nSPS) is 15.8. The van der Waals surface area contributed by atoms with Crippen molar-refractivity contribution in [2.24, 2.45) is 0 Å². The van der Waals surface area contributed by atoms with Crippen LogP contribution in [0.2, 0.25) is 0 Å². The summed E-state index contributed by atoms with van der Waals surface area (Å²) < 4.78 is 11.1. The summed E-state index contributed by atoms with van der Waals surface area (Å²) in [6.45, 7) is 8.72. The number of likely N-dealkylation sites (tertiary alicyclic amines) is 1. The number of aryl methyl sites for hydroxylation is 1. The third-order valence-electron chi connectivity index (χ3n) is 3.85. The third-order valence-corrected chi connectivity index (χ3v) is 3.85. The van der Waals surface area contributed by atoms with E-state index in [1.807, 2.05) is 52.0 Å². The number of piperidine rings is 1. The van der Waals surface area contributed by atoms with Gasteiger partial charge in [0, 0.05) is 18.8 Å². The van der Waals surface area contributed by atoms with Crippen LogP contribution in [0.25, 0.3) is 0 Å². The molecule has 1 aliphatic rings. The van der Waals surface area contributed by atoms with Crippen LogP contribution in [0.3, 0.4) is 0 Å². The number of ether oxygens (including phenoxy) is 2. The smallest absolute Gasteiger partial charge is 0.410 e. The second-order valence-corrected chi connectivity index (χ2v) is 7.40. The molecule has 6 nitrogen and oxygen atoms in total. The maximum absolute atomic E-state index is 12.0. The van der Waals surface area contributed by atoms with E-state index in [4.69, 9.17) is 9.47 Å². The van der Waals surface area contributed by atoms with E-state index in [-0.39, 0.29) is 24.7 Å². The van der Waals surface area contributed by atoms with Crippen molar-refractivity contribution in [3.05, 3.63) is 29.8 Å². The van der Waals surface area contributed by atoms with Crippen LogP contribution in [-0.4, -0.2) is 48.3 Å². The lowest BCUT2D eigenvalue weighted by molar-refractivity contribution is -0.123. The minimum Gasteiger partial charge on any atom is -0.444 e. The zero-order valence-corrected chi connectivity index (χ0v) is 15.5. The lowest BCUT2D eigenvalue weighted by atomic mass is 10.1. The van der Waals surface area contributed by atoms with Gasteiger partial charge in [-0.05, 0) is 58.2 Å². The van der Waals surface area contributed by atoms with Crippen molar-refractivity contribution in [1.29, 1.82) is 0 Å². The minimum absolute atomic E-state index is 0.0121. The van der Waals surface area contributed by atoms with Crippen LogP contribution < -0.4 is 5.32 Å². The van der Waals surface area contributed by atoms with E-state index in [9.17, 15) is 9.59 Å². The number of amides is 2. The van der Waals surface area contributed by atoms with Crippen molar-refractivity contribution >= 4 is 17.7 Å². The Hall–Kier alpha value is -2.08. The topological polar surface area (TPSA) is 67.9 Å². The van der Waals surface area contributed by atoms with Gasteiger partial charge in [0.2, 0.25) is 5.91 Å². The Balaban J connectivity index is 1.70. The van der Waals surface area contributed by atoms with Crippen LogP contribution in [0.1, 0.15) is 39.2 Å². The van der Waals surface area contributed by atoms with E-state index in [1.54, 1.807) is 4.90 Å². The van der Waals surface area contributed by atoms with Crippen LogP contribution in [0, 0.1) is 6.92 Å². The van der Waals surface area contributed by atoms with Crippen molar-refractivity contribution in [2.75, 3.05) is 25.0 Å². The second-order valence-electron chi connectivity index (χ2n) is 7.40. The maximum Gasteiger partial charge on any atom is 0.410 e. The van der Waals surface area contributed by atoms with Crippen molar-refractivity contribution in [3.8, 4) is 0 Å². The van der Waals surface area contributed by atoms with Crippen LogP contribution in [0.5, 0.6) is 0 Å². The highest BCUT2D eigenvalue weighted by molar-refractivity contribution is 5.91. The Labute approximate surface area is 149 Å². The number of hydrogen-bond donors (Lipinski definition) is 1. The molecule has 0 aliphatic carbocycles. The Morgan fingerprint density at radius 3 is 2.52 bits per heavy atom. The van der Waals surface area contributed by atoms with Crippen molar-refractivity contribution in [3.63, 3.8) is 0 Å². The van der Waals surface area contributed by atoms with E-state index in [0.29, 0.717) is 25.9 Å². The fourth-order valence-corrected chi connectivity index (χ4v) is 2.64. The highest BCUT2D eigenvalue weighted by atomic mass is 16.6. The van der Waals surface area contributed by atoms with Gasteiger partial charge in [-0.25, -0.2) is 4.79 Å². The number of anilines is 1. The molecule has 1 aromatic rings. The van der Waals surface area contributed by atoms with Crippen LogP contribution in [0.4, 0.5) is 10.5 Å². The molecule has 1 heterocycles. The molecule has 0 aromatic heterocycles. The standard InChI is InChI=1S/C19H28N2O4/c1-14-6-5-7-15(12-14)20-17(22)13-24-16-8-10-21(11-9-16)18(23)25-19(2,3)4/h5-7,12,16H,8-11,13H2,1-4H3,(H,20,22). The molecule has 1 fully saturated rings. The molecule has 0 saturated carbocycles. The van der Waals surface area contributed by atoms with Gasteiger partial charge in [-0.1, -0.05) is 12.1 Å². The predicted molar refractivity (Wildman–Crippen MR) is 96.6 cm³/mol. The summed E-state index contributed by atoms with van der Waals surface area (Å²) in [6, 6.07) is 7.64. The van der Waals surface area contributed by atoms with Crippen LogP contribution in [-0.2, 0) is 14.3 Å². The molecule has 1 aromatic carbocycles. The molecule has 0 bridgehead atoms. The van der Waals surface area contributed by atoms with Gasteiger partial charge in [-0.3, -0.25) is 4.79 Å². The number of carbonyl (C=O) groups excluding carboxylic acids is 2. The Morgan fingerprint density at radius 2 is 1.92 bits per heavy atom.